The highest BCUT2D eigenvalue weighted by atomic mass is 19.4. The molecule has 2 aliphatic heterocycles. The first kappa shape index (κ1) is 49.7. The van der Waals surface area contributed by atoms with Crippen molar-refractivity contribution in [2.75, 3.05) is 13.1 Å². The minimum atomic E-state index is -5.08. The van der Waals surface area contributed by atoms with Gasteiger partial charge in [-0.05, 0) is 67.6 Å². The smallest absolute Gasteiger partial charge is 0.481 e. The summed E-state index contributed by atoms with van der Waals surface area (Å²) in [7, 11) is 0. The number of carbonyl (C=O) groups is 7. The van der Waals surface area contributed by atoms with Crippen LogP contribution >= 0.6 is 0 Å². The fraction of sp³-hybridized carbons (Fsp3) is 0.409. The Morgan fingerprint density at radius 2 is 1.38 bits per heavy atom. The Morgan fingerprint density at radius 3 is 1.94 bits per heavy atom. The summed E-state index contributed by atoms with van der Waals surface area (Å²) in [5, 5.41) is 27.7. The van der Waals surface area contributed by atoms with Gasteiger partial charge in [0.15, 0.2) is 5.96 Å². The van der Waals surface area contributed by atoms with E-state index in [9.17, 15) is 47.0 Å². The van der Waals surface area contributed by atoms with Crippen molar-refractivity contribution >= 4 is 47.4 Å². The monoisotopic (exact) mass is 894 g/mol. The number of nitrogens with two attached hydrogens (primary N) is 2. The van der Waals surface area contributed by atoms with Gasteiger partial charge in [-0.25, -0.2) is 4.79 Å². The minimum absolute atomic E-state index is 0.0411. The van der Waals surface area contributed by atoms with Crippen LogP contribution in [0.4, 0.5) is 13.2 Å². The first-order valence-electron chi connectivity index (χ1n) is 20.6. The quantitative estimate of drug-likeness (QED) is 0.0489. The predicted molar refractivity (Wildman–Crippen MR) is 227 cm³/mol. The maximum atomic E-state index is 14.3. The van der Waals surface area contributed by atoms with Crippen LogP contribution in [-0.2, 0) is 52.8 Å². The summed E-state index contributed by atoms with van der Waals surface area (Å²) in [6, 6.07) is 23.6. The number of carbonyl (C=O) groups excluding carboxylic acids is 5. The number of aliphatic imine (C=N–C) groups is 1. The Kier molecular flexibility index (Phi) is 18.6. The van der Waals surface area contributed by atoms with Gasteiger partial charge in [-0.3, -0.25) is 33.8 Å². The number of guanidine groups is 1. The number of rotatable bonds is 19. The normalized spacial score (nSPS) is 18.7. The van der Waals surface area contributed by atoms with Gasteiger partial charge in [0.2, 0.25) is 29.5 Å². The molecule has 3 aromatic carbocycles. The van der Waals surface area contributed by atoms with Crippen molar-refractivity contribution < 1.29 is 56.9 Å². The van der Waals surface area contributed by atoms with Crippen molar-refractivity contribution in [1.82, 2.24) is 26.2 Å². The van der Waals surface area contributed by atoms with Crippen LogP contribution in [-0.4, -0.2) is 112 Å². The molecular formula is C44H53F3N8O9. The average molecular weight is 895 g/mol. The number of fused-ring (bicyclic) bond motifs is 1. The summed E-state index contributed by atoms with van der Waals surface area (Å²) in [5.41, 5.74) is 13.8. The second kappa shape index (κ2) is 24.0. The minimum Gasteiger partial charge on any atom is -0.481 e. The largest absolute Gasteiger partial charge is 0.490 e. The molecule has 5 amide bonds. The molecule has 20 heteroatoms. The van der Waals surface area contributed by atoms with Crippen molar-refractivity contribution in [3.8, 4) is 0 Å². The zero-order valence-electron chi connectivity index (χ0n) is 34.8. The molecule has 2 aliphatic rings. The molecule has 1 unspecified atom stereocenters. The Hall–Kier alpha value is -6.99. The van der Waals surface area contributed by atoms with E-state index in [2.05, 4.69) is 26.3 Å². The van der Waals surface area contributed by atoms with Crippen LogP contribution in [0.3, 0.4) is 0 Å². The number of hydrogen-bond acceptors (Lipinski definition) is 8. The number of amides is 5. The molecule has 3 aromatic rings. The van der Waals surface area contributed by atoms with Crippen LogP contribution in [0.1, 0.15) is 55.2 Å². The van der Waals surface area contributed by atoms with E-state index >= 15 is 0 Å². The molecule has 17 nitrogen and oxygen atoms in total. The summed E-state index contributed by atoms with van der Waals surface area (Å²) < 4.78 is 31.7. The van der Waals surface area contributed by atoms with Gasteiger partial charge in [0.05, 0.1) is 12.8 Å². The lowest BCUT2D eigenvalue weighted by Gasteiger charge is -2.39. The molecule has 6 atom stereocenters. The molecule has 0 aromatic heterocycles. The summed E-state index contributed by atoms with van der Waals surface area (Å²) in [6.45, 7) is 0.345. The van der Waals surface area contributed by atoms with E-state index < -0.39 is 66.4 Å². The van der Waals surface area contributed by atoms with Gasteiger partial charge < -0.3 is 47.8 Å². The summed E-state index contributed by atoms with van der Waals surface area (Å²) in [6.07, 6.45) is -2.99. The van der Waals surface area contributed by atoms with E-state index in [-0.39, 0.29) is 62.1 Å². The van der Waals surface area contributed by atoms with Crippen molar-refractivity contribution in [3.05, 3.63) is 108 Å². The van der Waals surface area contributed by atoms with Crippen LogP contribution in [0.5, 0.6) is 0 Å². The van der Waals surface area contributed by atoms with Crippen LogP contribution in [0, 0.1) is 5.92 Å². The standard InChI is InChI=1S/C42H52N8O7.C2HF3O2/c43-42(44)46-21-10-17-31(39(55)49-33(26-37(52)53)38(54)45-22-20-27-11-4-1-5-12-27)48-40(56)35-25-30(23-28-13-6-2-7-14-28)34-19-18-32(41(57)50(34)35)47-36(51)24-29-15-8-3-9-16-29;3-2(4,5)1(6)7/h1-9,11-16,30-35H,10,17-26H2,(H,45,54)(H,47,51)(H,48,56)(H,49,55)(H,52,53)(H4,43,44,46);(H,6,7)/t30-,31+,32-,33+,34?,35+;/m1./s1. The van der Waals surface area contributed by atoms with Crippen LogP contribution in [0.2, 0.25) is 0 Å². The van der Waals surface area contributed by atoms with E-state index in [1.165, 1.54) is 0 Å². The lowest BCUT2D eigenvalue weighted by Crippen LogP contribution is -2.61. The molecule has 0 saturated carbocycles. The maximum absolute atomic E-state index is 14.3. The number of nitrogens with one attached hydrogen (secondary N) is 4. The van der Waals surface area contributed by atoms with Gasteiger partial charge in [0, 0.05) is 19.1 Å². The fourth-order valence-electron chi connectivity index (χ4n) is 7.67. The molecule has 0 spiro atoms. The Morgan fingerprint density at radius 1 is 0.797 bits per heavy atom. The Bertz CT molecular complexity index is 2090. The SMILES string of the molecule is NC(N)=NCCC[C@H](NC(=O)[C@@H]1C[C@@H](Cc2ccccc2)C2CC[C@@H](NC(=O)Cc3ccccc3)C(=O)N21)C(=O)N[C@@H](CC(=O)O)C(=O)NCCc1ccccc1.O=C(O)C(F)(F)F. The molecule has 0 aliphatic carbocycles. The molecule has 344 valence electrons. The van der Waals surface area contributed by atoms with Crippen molar-refractivity contribution in [2.24, 2.45) is 22.4 Å². The highest BCUT2D eigenvalue weighted by molar-refractivity contribution is 5.97. The van der Waals surface area contributed by atoms with Crippen molar-refractivity contribution in [3.63, 3.8) is 0 Å². The number of hydrogen-bond donors (Lipinski definition) is 8. The van der Waals surface area contributed by atoms with Gasteiger partial charge in [0.1, 0.15) is 24.2 Å². The lowest BCUT2D eigenvalue weighted by atomic mass is 9.86. The highest BCUT2D eigenvalue weighted by Crippen LogP contribution is 2.39. The number of nitrogens with zero attached hydrogens (tertiary/aromatic N) is 2. The Balaban J connectivity index is 0.00000118. The molecular weight excluding hydrogens is 842 g/mol. The topological polar surface area (TPSA) is 276 Å². The molecule has 64 heavy (non-hydrogen) atoms. The molecule has 0 bridgehead atoms. The van der Waals surface area contributed by atoms with Crippen molar-refractivity contribution in [2.45, 2.75) is 94.2 Å². The van der Waals surface area contributed by atoms with Crippen LogP contribution in [0.15, 0.2) is 96.0 Å². The third-order valence-electron chi connectivity index (χ3n) is 10.6. The van der Waals surface area contributed by atoms with Crippen LogP contribution in [0.25, 0.3) is 0 Å². The van der Waals surface area contributed by atoms with Gasteiger partial charge in [0.25, 0.3) is 0 Å². The number of alkyl halides is 3. The first-order chi connectivity index (χ1) is 30.4. The van der Waals surface area contributed by atoms with Crippen LogP contribution < -0.4 is 32.7 Å². The molecule has 2 saturated heterocycles. The number of aliphatic carboxylic acids is 2. The van der Waals surface area contributed by atoms with E-state index in [0.717, 1.165) is 16.7 Å². The predicted octanol–water partition coefficient (Wildman–Crippen LogP) is 1.83. The van der Waals surface area contributed by atoms with E-state index in [1.807, 2.05) is 91.0 Å². The fourth-order valence-corrected chi connectivity index (χ4v) is 7.67. The second-order valence-electron chi connectivity index (χ2n) is 15.4. The number of piperidine rings is 1. The number of carboxylic acids is 2. The van der Waals surface area contributed by atoms with Gasteiger partial charge in [-0.1, -0.05) is 91.0 Å². The molecule has 2 fully saturated rings. The van der Waals surface area contributed by atoms with Gasteiger partial charge in [-0.15, -0.1) is 0 Å². The molecule has 5 rings (SSSR count). The second-order valence-corrected chi connectivity index (χ2v) is 15.4. The highest BCUT2D eigenvalue weighted by Gasteiger charge is 2.51. The zero-order valence-corrected chi connectivity index (χ0v) is 34.8. The summed E-state index contributed by atoms with van der Waals surface area (Å²) >= 11 is 0. The third-order valence-corrected chi connectivity index (χ3v) is 10.6. The Labute approximate surface area is 367 Å². The maximum Gasteiger partial charge on any atom is 0.490 e. The first-order valence-corrected chi connectivity index (χ1v) is 20.6. The van der Waals surface area contributed by atoms with Gasteiger partial charge in [-0.2, -0.15) is 13.2 Å². The number of benzene rings is 3. The average Bonchev–Trinajstić information content (AvgIpc) is 3.62. The summed E-state index contributed by atoms with van der Waals surface area (Å²) in [4.78, 5) is 94.9. The zero-order chi connectivity index (χ0) is 46.8. The number of carboxylic acid groups (broad SMARTS) is 2. The molecule has 10 N–H and O–H groups in total. The molecule has 2 heterocycles. The van der Waals surface area contributed by atoms with E-state index in [0.29, 0.717) is 32.1 Å². The van der Waals surface area contributed by atoms with Gasteiger partial charge >= 0.3 is 18.1 Å². The molecule has 0 radical (unpaired) electrons. The third kappa shape index (κ3) is 15.7. The van der Waals surface area contributed by atoms with E-state index in [1.54, 1.807) is 4.90 Å². The van der Waals surface area contributed by atoms with Crippen molar-refractivity contribution in [1.29, 1.82) is 0 Å². The summed E-state index contributed by atoms with van der Waals surface area (Å²) in [5.74, 6) is -7.01. The van der Waals surface area contributed by atoms with E-state index in [4.69, 9.17) is 21.4 Å². The lowest BCUT2D eigenvalue weighted by molar-refractivity contribution is -0.192. The number of halogens is 3.